The number of hydrogen-bond donors (Lipinski definition) is 0. The molecule has 0 amide bonds. The highest BCUT2D eigenvalue weighted by atomic mass is 19.3. The molecule has 4 rings (SSSR count). The van der Waals surface area contributed by atoms with E-state index in [4.69, 9.17) is 0 Å². The van der Waals surface area contributed by atoms with Crippen LogP contribution in [-0.2, 0) is 0 Å². The first-order valence-corrected chi connectivity index (χ1v) is 23.6. The van der Waals surface area contributed by atoms with Gasteiger partial charge in [0.05, 0.1) is 6.54 Å². The zero-order valence-corrected chi connectivity index (χ0v) is 44.5. The molecule has 0 saturated carbocycles. The van der Waals surface area contributed by atoms with Gasteiger partial charge < -0.3 is 0 Å². The minimum atomic E-state index is -2.52. The second-order valence-corrected chi connectivity index (χ2v) is 28.0. The van der Waals surface area contributed by atoms with E-state index >= 15 is 0 Å². The minimum Gasteiger partial charge on any atom is -0.295 e. The predicted octanol–water partition coefficient (Wildman–Crippen LogP) is 14.7. The molecule has 4 saturated heterocycles. The lowest BCUT2D eigenvalue weighted by Crippen LogP contribution is -2.60. The smallest absolute Gasteiger partial charge is 0.260 e. The zero-order valence-electron chi connectivity index (χ0n) is 44.5. The summed E-state index contributed by atoms with van der Waals surface area (Å²) in [4.78, 5) is 8.87. The molecule has 6 atom stereocenters. The Kier molecular flexibility index (Phi) is 18.5. The predicted molar refractivity (Wildman–Crippen MR) is 251 cm³/mol. The summed E-state index contributed by atoms with van der Waals surface area (Å²) >= 11 is 0. The van der Waals surface area contributed by atoms with Crippen LogP contribution in [0.25, 0.3) is 0 Å². The Balaban J connectivity index is 0.000000407. The highest BCUT2D eigenvalue weighted by Crippen LogP contribution is 2.45. The van der Waals surface area contributed by atoms with Crippen molar-refractivity contribution in [1.82, 2.24) is 19.6 Å². The molecule has 0 N–H and O–H groups in total. The molecular weight excluding hydrogens is 783 g/mol. The van der Waals surface area contributed by atoms with Gasteiger partial charge in [0.15, 0.2) is 0 Å². The van der Waals surface area contributed by atoms with E-state index in [9.17, 15) is 26.3 Å². The van der Waals surface area contributed by atoms with Crippen molar-refractivity contribution in [2.75, 3.05) is 26.2 Å². The van der Waals surface area contributed by atoms with Crippen molar-refractivity contribution in [3.05, 3.63) is 0 Å². The fourth-order valence-electron chi connectivity index (χ4n) is 9.93. The maximum absolute atomic E-state index is 14.1. The average Bonchev–Trinajstić information content (AvgIpc) is 3.55. The van der Waals surface area contributed by atoms with Crippen LogP contribution in [0.1, 0.15) is 212 Å². The van der Waals surface area contributed by atoms with Crippen molar-refractivity contribution >= 4 is 0 Å². The van der Waals surface area contributed by atoms with Gasteiger partial charge in [-0.3, -0.25) is 19.6 Å². The second kappa shape index (κ2) is 19.3. The molecule has 4 fully saturated rings. The number of rotatable bonds is 0. The Morgan fingerprint density at radius 3 is 1.10 bits per heavy atom. The molecule has 0 aromatic carbocycles. The summed E-state index contributed by atoms with van der Waals surface area (Å²) in [5, 5.41) is 0. The maximum atomic E-state index is 14.1. The quantitative estimate of drug-likeness (QED) is 0.225. The Bertz CT molecular complexity index is 1240. The molecule has 4 nitrogen and oxygen atoms in total. The van der Waals surface area contributed by atoms with Gasteiger partial charge in [-0.15, -0.1) is 0 Å². The summed E-state index contributed by atoms with van der Waals surface area (Å²) in [6.45, 7) is 54.5. The lowest BCUT2D eigenvalue weighted by molar-refractivity contribution is -0.127. The molecule has 4 heterocycles. The summed E-state index contributed by atoms with van der Waals surface area (Å²) in [6.07, 6.45) is 1.33. The fourth-order valence-corrected chi connectivity index (χ4v) is 9.93. The van der Waals surface area contributed by atoms with Crippen LogP contribution in [0, 0.1) is 21.7 Å². The van der Waals surface area contributed by atoms with Crippen LogP contribution in [0.15, 0.2) is 0 Å². The SMILES string of the molecule is CC(C)(C)C1CC(F)(F)CCN1C(C)(C)C.CC(C)(C)C1CC(F)CN1C(C)(C)C.CC(C)(C)C1CCC(F)(F)CN1C(C)(C)C.CC1(F)CC(C(C)(C)C)N(C(C)(C)C)C1. The Morgan fingerprint density at radius 1 is 0.410 bits per heavy atom. The number of alkyl halides is 6. The Hall–Kier alpha value is -0.580. The van der Waals surface area contributed by atoms with Crippen LogP contribution in [0.2, 0.25) is 0 Å². The van der Waals surface area contributed by atoms with Crippen LogP contribution >= 0.6 is 0 Å². The zero-order chi connectivity index (χ0) is 48.8. The van der Waals surface area contributed by atoms with Crippen LogP contribution in [0.5, 0.6) is 0 Å². The molecule has 366 valence electrons. The third kappa shape index (κ3) is 18.3. The highest BCUT2D eigenvalue weighted by molar-refractivity contribution is 5.03. The largest absolute Gasteiger partial charge is 0.295 e. The van der Waals surface area contributed by atoms with Crippen molar-refractivity contribution in [2.24, 2.45) is 21.7 Å². The van der Waals surface area contributed by atoms with E-state index < -0.39 is 23.7 Å². The summed E-state index contributed by atoms with van der Waals surface area (Å²) in [5.41, 5.74) is -0.825. The van der Waals surface area contributed by atoms with E-state index in [1.54, 1.807) is 6.92 Å². The molecule has 0 bridgehead atoms. The van der Waals surface area contributed by atoms with Crippen LogP contribution in [-0.4, -0.2) is 116 Å². The number of likely N-dealkylation sites (tertiary alicyclic amines) is 4. The number of halogens is 6. The normalized spacial score (nSPS) is 30.4. The number of nitrogens with zero attached hydrogens (tertiary/aromatic N) is 4. The first-order valence-electron chi connectivity index (χ1n) is 23.6. The first kappa shape index (κ1) is 58.4. The van der Waals surface area contributed by atoms with Crippen molar-refractivity contribution < 1.29 is 26.3 Å². The molecule has 0 aliphatic carbocycles. The molecular formula is C51H100F6N4. The van der Waals surface area contributed by atoms with Gasteiger partial charge in [0.25, 0.3) is 11.8 Å². The van der Waals surface area contributed by atoms with Crippen molar-refractivity contribution in [3.8, 4) is 0 Å². The van der Waals surface area contributed by atoms with Crippen LogP contribution in [0.3, 0.4) is 0 Å². The van der Waals surface area contributed by atoms with Gasteiger partial charge in [-0.25, -0.2) is 26.3 Å². The number of piperidine rings is 2. The van der Waals surface area contributed by atoms with E-state index in [1.165, 1.54) is 0 Å². The van der Waals surface area contributed by atoms with E-state index in [-0.39, 0.29) is 81.7 Å². The van der Waals surface area contributed by atoms with Gasteiger partial charge in [0.2, 0.25) is 0 Å². The summed E-state index contributed by atoms with van der Waals surface area (Å²) in [7, 11) is 0. The van der Waals surface area contributed by atoms with Crippen molar-refractivity contribution in [2.45, 2.75) is 282 Å². The van der Waals surface area contributed by atoms with Crippen LogP contribution in [0.4, 0.5) is 26.3 Å². The molecule has 4 aliphatic rings. The highest BCUT2D eigenvalue weighted by Gasteiger charge is 2.51. The third-order valence-corrected chi connectivity index (χ3v) is 13.3. The molecule has 0 aromatic heterocycles. The average molecular weight is 883 g/mol. The second-order valence-electron chi connectivity index (χ2n) is 28.0. The lowest BCUT2D eigenvalue weighted by Gasteiger charge is -2.51. The van der Waals surface area contributed by atoms with Gasteiger partial charge in [-0.05, 0) is 131 Å². The molecule has 61 heavy (non-hydrogen) atoms. The summed E-state index contributed by atoms with van der Waals surface area (Å²) in [5.74, 6) is -5.01. The molecule has 10 heteroatoms. The third-order valence-electron chi connectivity index (χ3n) is 13.3. The lowest BCUT2D eigenvalue weighted by atomic mass is 9.77. The Morgan fingerprint density at radius 2 is 0.770 bits per heavy atom. The van der Waals surface area contributed by atoms with E-state index in [0.29, 0.717) is 51.0 Å². The van der Waals surface area contributed by atoms with E-state index in [0.717, 1.165) is 0 Å². The van der Waals surface area contributed by atoms with Gasteiger partial charge in [0, 0.05) is 85.2 Å². The standard InChI is InChI=1S/2C13H25F2N.C13H26FN.C12H24FN/c1-11(2,3)10-9-13(14,15)7-8-16(10)12(4,5)6;1-11(2,3)10-7-8-13(14,15)9-16(10)12(4,5)6;1-11(2,3)10-8-13(7,14)9-15(10)12(4,5)6;1-11(2,3)10-7-9(13)8-14(10)12(4,5)6/h2*10H,7-9H2,1-6H3;10H,8-9H2,1-7H3;9-10H,7-8H2,1-6H3. The van der Waals surface area contributed by atoms with E-state index in [2.05, 4.69) is 160 Å². The topological polar surface area (TPSA) is 13.0 Å². The summed E-state index contributed by atoms with van der Waals surface area (Å²) < 4.78 is 81.6. The maximum Gasteiger partial charge on any atom is 0.260 e. The minimum absolute atomic E-state index is 0.00313. The molecule has 0 spiro atoms. The van der Waals surface area contributed by atoms with Gasteiger partial charge in [-0.1, -0.05) is 83.1 Å². The summed E-state index contributed by atoms with van der Waals surface area (Å²) in [6, 6.07) is 0.911. The van der Waals surface area contributed by atoms with Crippen molar-refractivity contribution in [3.63, 3.8) is 0 Å². The molecule has 6 unspecified atom stereocenters. The van der Waals surface area contributed by atoms with E-state index in [1.807, 2.05) is 25.7 Å². The van der Waals surface area contributed by atoms with Gasteiger partial charge in [-0.2, -0.15) is 0 Å². The number of hydrogen-bond acceptors (Lipinski definition) is 4. The monoisotopic (exact) mass is 883 g/mol. The fraction of sp³-hybridized carbons (Fsp3) is 1.00. The van der Waals surface area contributed by atoms with Gasteiger partial charge in [0.1, 0.15) is 11.8 Å². The van der Waals surface area contributed by atoms with Crippen LogP contribution < -0.4 is 0 Å². The first-order chi connectivity index (χ1) is 26.4. The molecule has 0 aromatic rings. The molecule has 0 radical (unpaired) electrons. The van der Waals surface area contributed by atoms with Crippen molar-refractivity contribution in [1.29, 1.82) is 0 Å². The Labute approximate surface area is 374 Å². The van der Waals surface area contributed by atoms with Gasteiger partial charge >= 0.3 is 0 Å². The molecule has 4 aliphatic heterocycles.